The lowest BCUT2D eigenvalue weighted by atomic mass is 9.92. The first kappa shape index (κ1) is 16.3. The van der Waals surface area contributed by atoms with E-state index in [9.17, 15) is 9.59 Å². The fraction of sp³-hybridized carbons (Fsp3) is 0.875. The number of hydrogen-bond donors (Lipinski definition) is 1. The molecule has 1 N–H and O–H groups in total. The molecule has 0 radical (unpaired) electrons. The number of likely N-dealkylation sites (tertiary alicyclic amines) is 1. The maximum absolute atomic E-state index is 12.3. The average Bonchev–Trinajstić information content (AvgIpc) is 2.53. The molecule has 2 heterocycles. The summed E-state index contributed by atoms with van der Waals surface area (Å²) in [5, 5.41) is 3.36. The Bertz CT molecular complexity index is 357. The van der Waals surface area contributed by atoms with Gasteiger partial charge in [0, 0.05) is 39.5 Å². The SMILES string of the molecule is CN(C)C(=O)C1CCN(C(=O)CCC2CCNCC2)CC1. The highest BCUT2D eigenvalue weighted by atomic mass is 16.2. The van der Waals surface area contributed by atoms with Crippen LogP contribution in [0.3, 0.4) is 0 Å². The van der Waals surface area contributed by atoms with Crippen LogP contribution in [0.4, 0.5) is 0 Å². The number of amides is 2. The Morgan fingerprint density at radius 1 is 1.10 bits per heavy atom. The van der Waals surface area contributed by atoms with E-state index in [1.54, 1.807) is 19.0 Å². The van der Waals surface area contributed by atoms with Gasteiger partial charge >= 0.3 is 0 Å². The zero-order valence-electron chi connectivity index (χ0n) is 13.4. The molecular formula is C16H29N3O2. The van der Waals surface area contributed by atoms with E-state index in [2.05, 4.69) is 5.32 Å². The fourth-order valence-electron chi connectivity index (χ4n) is 3.40. The Labute approximate surface area is 128 Å². The molecular weight excluding hydrogens is 266 g/mol. The predicted octanol–water partition coefficient (Wildman–Crippen LogP) is 1.09. The first-order valence-electron chi connectivity index (χ1n) is 8.27. The standard InChI is InChI=1S/C16H29N3O2/c1-18(2)16(21)14-7-11-19(12-8-14)15(20)4-3-13-5-9-17-10-6-13/h13-14,17H,3-12H2,1-2H3. The lowest BCUT2D eigenvalue weighted by molar-refractivity contribution is -0.139. The number of nitrogens with zero attached hydrogens (tertiary/aromatic N) is 2. The number of carbonyl (C=O) groups is 2. The van der Waals surface area contributed by atoms with Crippen LogP contribution >= 0.6 is 0 Å². The summed E-state index contributed by atoms with van der Waals surface area (Å²) < 4.78 is 0. The molecule has 2 saturated heterocycles. The lowest BCUT2D eigenvalue weighted by Gasteiger charge is -2.33. The quantitative estimate of drug-likeness (QED) is 0.845. The smallest absolute Gasteiger partial charge is 0.225 e. The molecule has 5 nitrogen and oxygen atoms in total. The van der Waals surface area contributed by atoms with Crippen molar-refractivity contribution in [2.45, 2.75) is 38.5 Å². The molecule has 2 aliphatic heterocycles. The van der Waals surface area contributed by atoms with Crippen LogP contribution in [0.1, 0.15) is 38.5 Å². The summed E-state index contributed by atoms with van der Waals surface area (Å²) in [5.41, 5.74) is 0. The number of piperidine rings is 2. The summed E-state index contributed by atoms with van der Waals surface area (Å²) in [6.07, 6.45) is 5.74. The maximum Gasteiger partial charge on any atom is 0.225 e. The molecule has 0 aromatic carbocycles. The van der Waals surface area contributed by atoms with Crippen molar-refractivity contribution in [3.63, 3.8) is 0 Å². The van der Waals surface area contributed by atoms with Gasteiger partial charge in [-0.1, -0.05) is 0 Å². The van der Waals surface area contributed by atoms with Gasteiger partial charge in [-0.15, -0.1) is 0 Å². The lowest BCUT2D eigenvalue weighted by Crippen LogP contribution is -2.42. The van der Waals surface area contributed by atoms with Crippen molar-refractivity contribution >= 4 is 11.8 Å². The molecule has 2 fully saturated rings. The highest BCUT2D eigenvalue weighted by molar-refractivity contribution is 5.79. The summed E-state index contributed by atoms with van der Waals surface area (Å²) in [4.78, 5) is 27.8. The van der Waals surface area contributed by atoms with Gasteiger partial charge in [0.05, 0.1) is 0 Å². The van der Waals surface area contributed by atoms with Crippen LogP contribution in [-0.4, -0.2) is 61.9 Å². The molecule has 5 heteroatoms. The van der Waals surface area contributed by atoms with Crippen LogP contribution in [0.5, 0.6) is 0 Å². The third kappa shape index (κ3) is 4.70. The third-order valence-electron chi connectivity index (χ3n) is 4.86. The third-order valence-corrected chi connectivity index (χ3v) is 4.86. The summed E-state index contributed by atoms with van der Waals surface area (Å²) in [6.45, 7) is 3.68. The molecule has 0 unspecified atom stereocenters. The fourth-order valence-corrected chi connectivity index (χ4v) is 3.40. The topological polar surface area (TPSA) is 52.7 Å². The Morgan fingerprint density at radius 2 is 1.71 bits per heavy atom. The van der Waals surface area contributed by atoms with Crippen molar-refractivity contribution in [2.24, 2.45) is 11.8 Å². The molecule has 0 bridgehead atoms. The van der Waals surface area contributed by atoms with Crippen LogP contribution in [-0.2, 0) is 9.59 Å². The summed E-state index contributed by atoms with van der Waals surface area (Å²) in [6, 6.07) is 0. The van der Waals surface area contributed by atoms with E-state index in [1.165, 1.54) is 12.8 Å². The van der Waals surface area contributed by atoms with Crippen LogP contribution < -0.4 is 5.32 Å². The van der Waals surface area contributed by atoms with Crippen LogP contribution in [0.15, 0.2) is 0 Å². The van der Waals surface area contributed by atoms with E-state index >= 15 is 0 Å². The first-order valence-corrected chi connectivity index (χ1v) is 8.27. The monoisotopic (exact) mass is 295 g/mol. The second-order valence-corrected chi connectivity index (χ2v) is 6.62. The largest absolute Gasteiger partial charge is 0.349 e. The maximum atomic E-state index is 12.3. The normalized spacial score (nSPS) is 21.3. The average molecular weight is 295 g/mol. The number of nitrogens with one attached hydrogen (secondary N) is 1. The molecule has 0 spiro atoms. The highest BCUT2D eigenvalue weighted by Gasteiger charge is 2.28. The Balaban J connectivity index is 1.69. The Morgan fingerprint density at radius 3 is 2.29 bits per heavy atom. The molecule has 0 saturated carbocycles. The molecule has 2 aliphatic rings. The minimum atomic E-state index is 0.105. The van der Waals surface area contributed by atoms with Crippen molar-refractivity contribution in [3.8, 4) is 0 Å². The van der Waals surface area contributed by atoms with Crippen molar-refractivity contribution < 1.29 is 9.59 Å². The van der Waals surface area contributed by atoms with Gasteiger partial charge in [0.25, 0.3) is 0 Å². The zero-order valence-corrected chi connectivity index (χ0v) is 13.4. The van der Waals surface area contributed by atoms with Crippen molar-refractivity contribution in [1.82, 2.24) is 15.1 Å². The molecule has 120 valence electrons. The Hall–Kier alpha value is -1.10. The first-order chi connectivity index (χ1) is 10.1. The molecule has 21 heavy (non-hydrogen) atoms. The van der Waals surface area contributed by atoms with Gasteiger partial charge in [-0.25, -0.2) is 0 Å². The van der Waals surface area contributed by atoms with E-state index in [0.717, 1.165) is 45.4 Å². The highest BCUT2D eigenvalue weighted by Crippen LogP contribution is 2.22. The molecule has 0 aliphatic carbocycles. The second kappa shape index (κ2) is 7.78. The number of hydrogen-bond acceptors (Lipinski definition) is 3. The van der Waals surface area contributed by atoms with Gasteiger partial charge in [-0.05, 0) is 51.1 Å². The summed E-state index contributed by atoms with van der Waals surface area (Å²) in [7, 11) is 3.61. The zero-order chi connectivity index (χ0) is 15.2. The van der Waals surface area contributed by atoms with Crippen molar-refractivity contribution in [2.75, 3.05) is 40.3 Å². The van der Waals surface area contributed by atoms with Gasteiger partial charge < -0.3 is 15.1 Å². The van der Waals surface area contributed by atoms with Crippen molar-refractivity contribution in [3.05, 3.63) is 0 Å². The van der Waals surface area contributed by atoms with Crippen molar-refractivity contribution in [1.29, 1.82) is 0 Å². The van der Waals surface area contributed by atoms with Gasteiger partial charge in [0.2, 0.25) is 11.8 Å². The molecule has 2 rings (SSSR count). The van der Waals surface area contributed by atoms with E-state index in [4.69, 9.17) is 0 Å². The second-order valence-electron chi connectivity index (χ2n) is 6.62. The van der Waals surface area contributed by atoms with E-state index in [-0.39, 0.29) is 17.7 Å². The minimum absolute atomic E-state index is 0.105. The van der Waals surface area contributed by atoms with E-state index < -0.39 is 0 Å². The molecule has 0 aromatic heterocycles. The van der Waals surface area contributed by atoms with Gasteiger partial charge in [0.15, 0.2) is 0 Å². The van der Waals surface area contributed by atoms with Crippen LogP contribution in [0.25, 0.3) is 0 Å². The van der Waals surface area contributed by atoms with Gasteiger partial charge in [-0.3, -0.25) is 9.59 Å². The van der Waals surface area contributed by atoms with Gasteiger partial charge in [0.1, 0.15) is 0 Å². The summed E-state index contributed by atoms with van der Waals surface area (Å²) in [5.74, 6) is 1.30. The van der Waals surface area contributed by atoms with E-state index in [0.29, 0.717) is 12.3 Å². The predicted molar refractivity (Wildman–Crippen MR) is 82.8 cm³/mol. The Kier molecular flexibility index (Phi) is 6.03. The number of carbonyl (C=O) groups excluding carboxylic acids is 2. The number of rotatable bonds is 4. The van der Waals surface area contributed by atoms with Crippen LogP contribution in [0.2, 0.25) is 0 Å². The minimum Gasteiger partial charge on any atom is -0.349 e. The van der Waals surface area contributed by atoms with Crippen LogP contribution in [0, 0.1) is 11.8 Å². The van der Waals surface area contributed by atoms with E-state index in [1.807, 2.05) is 4.90 Å². The van der Waals surface area contributed by atoms with Gasteiger partial charge in [-0.2, -0.15) is 0 Å². The molecule has 0 atom stereocenters. The summed E-state index contributed by atoms with van der Waals surface area (Å²) >= 11 is 0. The molecule has 0 aromatic rings. The molecule has 2 amide bonds.